The largest absolute Gasteiger partial charge is 0.383 e. The molecule has 12 N–H and O–H groups in total. The molecule has 0 aliphatic rings. The number of urea groups is 1. The second-order valence-corrected chi connectivity index (χ2v) is 15.5. The van der Waals surface area contributed by atoms with Gasteiger partial charge in [0.2, 0.25) is 27.6 Å². The number of carbonyl (C=O) groups excluding carboxylic acids is 4. The van der Waals surface area contributed by atoms with Crippen LogP contribution in [0.1, 0.15) is 42.5 Å². The number of likely N-dealkylation sites (N-methyl/N-ethyl adjacent to an activating group) is 1. The van der Waals surface area contributed by atoms with E-state index in [2.05, 4.69) is 31.6 Å². The first-order valence-electron chi connectivity index (χ1n) is 16.0. The number of nitrogen functional groups attached to an aromatic ring is 1. The van der Waals surface area contributed by atoms with Gasteiger partial charge in [0, 0.05) is 32.6 Å². The number of amides is 5. The summed E-state index contributed by atoms with van der Waals surface area (Å²) in [7, 11) is -1.15. The van der Waals surface area contributed by atoms with E-state index in [9.17, 15) is 27.6 Å². The molecule has 3 rings (SSSR count). The van der Waals surface area contributed by atoms with Crippen LogP contribution < -0.4 is 43.8 Å². The van der Waals surface area contributed by atoms with Crippen LogP contribution >= 0.6 is 23.1 Å². The maximum absolute atomic E-state index is 13.8. The molecule has 0 bridgehead atoms. The quantitative estimate of drug-likeness (QED) is 0.0418. The monoisotopic (exact) mass is 772 g/mol. The third kappa shape index (κ3) is 11.2. The zero-order valence-corrected chi connectivity index (χ0v) is 31.7. The number of unbranched alkanes of at least 4 members (excludes halogenated alkanes) is 2. The minimum Gasteiger partial charge on any atom is -0.383 e. The van der Waals surface area contributed by atoms with E-state index >= 15 is 0 Å². The van der Waals surface area contributed by atoms with Crippen molar-refractivity contribution in [3.8, 4) is 11.1 Å². The minimum atomic E-state index is -4.02. The molecule has 3 aromatic rings. The molecular weight excluding hydrogens is 729 g/mol. The Morgan fingerprint density at radius 3 is 2.35 bits per heavy atom. The van der Waals surface area contributed by atoms with Crippen molar-refractivity contribution < 1.29 is 27.6 Å². The number of guanidine groups is 1. The number of carbonyl (C=O) groups is 4. The van der Waals surface area contributed by atoms with Crippen molar-refractivity contribution in [2.45, 2.75) is 59.1 Å². The summed E-state index contributed by atoms with van der Waals surface area (Å²) in [5, 5.41) is 20.8. The van der Waals surface area contributed by atoms with E-state index in [-0.39, 0.29) is 52.8 Å². The molecule has 2 aromatic carbocycles. The van der Waals surface area contributed by atoms with Gasteiger partial charge in [-0.25, -0.2) is 18.2 Å². The standard InChI is InChI=1S/C33H44N10O6S3/c1-18-13-20(41-32(36)37)15-22(43-33(47)40-12-7-5-6-11-26(44)42-23(30(46)39-3)16-27(45)38-2)28(18)19-9-8-10-21(14-19)52(48,49)25-17-24(29(34)35)51-31(25)50-4/h8-10,13-15,17,23H,5-7,11-12,16H2,1-4H3,(H3,34,35)(H,38,45)(H,39,46)(H,42,44)(H4,36,37,41)(H2,40,43,47). The maximum atomic E-state index is 13.8. The van der Waals surface area contributed by atoms with Crippen LogP contribution in [0.4, 0.5) is 16.2 Å². The summed E-state index contributed by atoms with van der Waals surface area (Å²) in [4.78, 5) is 53.7. The Morgan fingerprint density at radius 1 is 0.981 bits per heavy atom. The van der Waals surface area contributed by atoms with Crippen LogP contribution in [-0.2, 0) is 24.2 Å². The number of hydrogen-bond acceptors (Lipinski definition) is 10. The molecule has 19 heteroatoms. The summed E-state index contributed by atoms with van der Waals surface area (Å²) in [6.07, 6.45) is 3.32. The van der Waals surface area contributed by atoms with Crippen molar-refractivity contribution in [1.82, 2.24) is 21.3 Å². The molecule has 5 amide bonds. The fourth-order valence-corrected chi connectivity index (χ4v) is 9.03. The Bertz CT molecular complexity index is 1960. The Morgan fingerprint density at radius 2 is 1.71 bits per heavy atom. The van der Waals surface area contributed by atoms with Crippen LogP contribution in [0.15, 0.2) is 61.5 Å². The highest BCUT2D eigenvalue weighted by Crippen LogP contribution is 2.40. The number of aryl methyl sites for hydroxylation is 1. The van der Waals surface area contributed by atoms with Gasteiger partial charge in [0.05, 0.1) is 36.7 Å². The minimum absolute atomic E-state index is 0.0144. The van der Waals surface area contributed by atoms with E-state index in [1.165, 1.54) is 44.1 Å². The number of aliphatic imine (C=N–C) groups is 1. The molecule has 16 nitrogen and oxygen atoms in total. The van der Waals surface area contributed by atoms with Gasteiger partial charge in [-0.15, -0.1) is 23.1 Å². The number of thioether (sulfide) groups is 1. The summed E-state index contributed by atoms with van der Waals surface area (Å²) in [6.45, 7) is 2.06. The first-order chi connectivity index (χ1) is 24.6. The highest BCUT2D eigenvalue weighted by atomic mass is 32.2. The SMILES string of the molecule is CNC(=O)CC(NC(=O)CCCCCNC(=O)Nc1cc(N=C(N)N)cc(C)c1-c1cccc(S(=O)(=O)c2cc(C(=N)N)sc2SC)c1)C(=O)NC. The lowest BCUT2D eigenvalue weighted by molar-refractivity contribution is -0.131. The molecule has 0 radical (unpaired) electrons. The summed E-state index contributed by atoms with van der Waals surface area (Å²) < 4.78 is 28.2. The molecule has 1 unspecified atom stereocenters. The van der Waals surface area contributed by atoms with E-state index in [4.69, 9.17) is 22.6 Å². The summed E-state index contributed by atoms with van der Waals surface area (Å²) >= 11 is 2.38. The van der Waals surface area contributed by atoms with Gasteiger partial charge in [0.15, 0.2) is 5.96 Å². The molecule has 1 heterocycles. The summed E-state index contributed by atoms with van der Waals surface area (Å²) in [6, 6.07) is 9.48. The van der Waals surface area contributed by atoms with Gasteiger partial charge in [-0.05, 0) is 67.5 Å². The van der Waals surface area contributed by atoms with Crippen LogP contribution in [0.5, 0.6) is 0 Å². The van der Waals surface area contributed by atoms with Crippen molar-refractivity contribution in [2.24, 2.45) is 22.2 Å². The van der Waals surface area contributed by atoms with Crippen LogP contribution in [0.25, 0.3) is 11.1 Å². The van der Waals surface area contributed by atoms with Crippen molar-refractivity contribution in [3.63, 3.8) is 0 Å². The van der Waals surface area contributed by atoms with Gasteiger partial charge in [-0.3, -0.25) is 19.8 Å². The molecule has 1 atom stereocenters. The number of benzene rings is 2. The number of nitrogens with zero attached hydrogens (tertiary/aromatic N) is 1. The molecule has 52 heavy (non-hydrogen) atoms. The van der Waals surface area contributed by atoms with Gasteiger partial charge in [-0.2, -0.15) is 0 Å². The lowest BCUT2D eigenvalue weighted by Crippen LogP contribution is -2.47. The highest BCUT2D eigenvalue weighted by molar-refractivity contribution is 8.01. The molecule has 0 spiro atoms. The molecule has 1 aromatic heterocycles. The third-order valence-electron chi connectivity index (χ3n) is 7.60. The predicted octanol–water partition coefficient (Wildman–Crippen LogP) is 2.52. The third-order valence-corrected chi connectivity index (χ3v) is 11.9. The molecule has 280 valence electrons. The number of anilines is 1. The van der Waals surface area contributed by atoms with Crippen molar-refractivity contribution >= 4 is 79.9 Å². The first kappa shape index (κ1) is 41.3. The van der Waals surface area contributed by atoms with Gasteiger partial charge < -0.3 is 43.8 Å². The second-order valence-electron chi connectivity index (χ2n) is 11.4. The number of hydrogen-bond donors (Lipinski definition) is 9. The number of rotatable bonds is 17. The lowest BCUT2D eigenvalue weighted by Gasteiger charge is -2.17. The number of nitrogens with one attached hydrogen (secondary N) is 6. The average Bonchev–Trinajstić information content (AvgIpc) is 3.55. The second kappa shape index (κ2) is 18.9. The zero-order chi connectivity index (χ0) is 38.6. The predicted molar refractivity (Wildman–Crippen MR) is 205 cm³/mol. The van der Waals surface area contributed by atoms with Crippen LogP contribution in [0.3, 0.4) is 0 Å². The van der Waals surface area contributed by atoms with Gasteiger partial charge in [-0.1, -0.05) is 18.6 Å². The summed E-state index contributed by atoms with van der Waals surface area (Å²) in [5.74, 6) is -1.64. The topological polar surface area (TPSA) is 277 Å². The van der Waals surface area contributed by atoms with Gasteiger partial charge in [0.25, 0.3) is 0 Å². The summed E-state index contributed by atoms with van der Waals surface area (Å²) in [5.41, 5.74) is 19.3. The molecule has 0 aliphatic carbocycles. The van der Waals surface area contributed by atoms with Gasteiger partial charge in [0.1, 0.15) is 11.9 Å². The van der Waals surface area contributed by atoms with Crippen molar-refractivity contribution in [3.05, 3.63) is 52.9 Å². The molecular formula is C33H44N10O6S3. The highest BCUT2D eigenvalue weighted by Gasteiger charge is 2.26. The van der Waals surface area contributed by atoms with Crippen LogP contribution in [0.2, 0.25) is 0 Å². The Balaban J connectivity index is 1.74. The fraction of sp³-hybridized carbons (Fsp3) is 0.333. The first-order valence-corrected chi connectivity index (χ1v) is 19.5. The molecule has 0 saturated heterocycles. The molecule has 0 aliphatic heterocycles. The number of nitrogens with two attached hydrogens (primary N) is 3. The van der Waals surface area contributed by atoms with Crippen LogP contribution in [0, 0.1) is 12.3 Å². The maximum Gasteiger partial charge on any atom is 0.319 e. The van der Waals surface area contributed by atoms with E-state index in [1.807, 2.05) is 0 Å². The van der Waals surface area contributed by atoms with Crippen molar-refractivity contribution in [1.29, 1.82) is 5.41 Å². The zero-order valence-electron chi connectivity index (χ0n) is 29.2. The fourth-order valence-electron chi connectivity index (χ4n) is 5.12. The Hall–Kier alpha value is -5.14. The van der Waals surface area contributed by atoms with E-state index in [0.717, 1.165) is 11.3 Å². The van der Waals surface area contributed by atoms with E-state index in [1.54, 1.807) is 37.4 Å². The smallest absolute Gasteiger partial charge is 0.319 e. The molecule has 0 fully saturated rings. The average molecular weight is 773 g/mol. The Kier molecular flexibility index (Phi) is 15.0. The van der Waals surface area contributed by atoms with Crippen molar-refractivity contribution in [2.75, 3.05) is 32.2 Å². The number of sulfone groups is 1. The number of amidine groups is 1. The van der Waals surface area contributed by atoms with Crippen LogP contribution in [-0.4, -0.2) is 76.9 Å². The lowest BCUT2D eigenvalue weighted by atomic mass is 9.97. The normalized spacial score (nSPS) is 11.5. The van der Waals surface area contributed by atoms with E-state index in [0.29, 0.717) is 56.4 Å². The Labute approximate surface area is 310 Å². The van der Waals surface area contributed by atoms with E-state index < -0.39 is 27.8 Å². The number of thiophene rings is 1. The van der Waals surface area contributed by atoms with Gasteiger partial charge >= 0.3 is 6.03 Å². The molecule has 0 saturated carbocycles.